The van der Waals surface area contributed by atoms with Crippen LogP contribution < -0.4 is 5.48 Å². The third-order valence-corrected chi connectivity index (χ3v) is 4.29. The van der Waals surface area contributed by atoms with Crippen molar-refractivity contribution in [2.45, 2.75) is 44.9 Å². The molecule has 0 radical (unpaired) electrons. The number of carbonyl (C=O) groups is 2. The first-order valence-electron chi connectivity index (χ1n) is 8.27. The summed E-state index contributed by atoms with van der Waals surface area (Å²) in [5.74, 6) is -0.374. The van der Waals surface area contributed by atoms with Crippen molar-refractivity contribution in [2.24, 2.45) is 0 Å². The Morgan fingerprint density at radius 3 is 2.92 bits per heavy atom. The van der Waals surface area contributed by atoms with Crippen LogP contribution in [0.4, 0.5) is 0 Å². The summed E-state index contributed by atoms with van der Waals surface area (Å²) in [6, 6.07) is 7.43. The van der Waals surface area contributed by atoms with Crippen LogP contribution in [0.5, 0.6) is 0 Å². The van der Waals surface area contributed by atoms with Gasteiger partial charge in [0.25, 0.3) is 0 Å². The van der Waals surface area contributed by atoms with E-state index in [-0.39, 0.29) is 30.6 Å². The standard InChI is InChI=1S/C18H22N2O4/c1-13(21)20-10-9-14-6-2-3-7-15(14)16(20)12-17(22)19-24-18-8-4-5-11-23-18/h2-3,6-7,9-10,16,18H,4-5,8,11-12H2,1H3,(H,19,22)/t16-,18+/m0/s1. The van der Waals surface area contributed by atoms with Gasteiger partial charge in [-0.3, -0.25) is 9.59 Å². The van der Waals surface area contributed by atoms with Crippen molar-refractivity contribution < 1.29 is 19.2 Å². The van der Waals surface area contributed by atoms with Gasteiger partial charge in [-0.05, 0) is 30.0 Å². The maximum absolute atomic E-state index is 12.3. The molecular weight excluding hydrogens is 308 g/mol. The van der Waals surface area contributed by atoms with Crippen LogP contribution in [0.3, 0.4) is 0 Å². The molecule has 6 nitrogen and oxygen atoms in total. The van der Waals surface area contributed by atoms with Gasteiger partial charge in [0.2, 0.25) is 11.8 Å². The van der Waals surface area contributed by atoms with Gasteiger partial charge in [0, 0.05) is 26.2 Å². The number of benzene rings is 1. The maximum Gasteiger partial charge on any atom is 0.246 e. The minimum absolute atomic E-state index is 0.102. The van der Waals surface area contributed by atoms with Crippen LogP contribution in [0.25, 0.3) is 6.08 Å². The van der Waals surface area contributed by atoms with Gasteiger partial charge in [0.05, 0.1) is 12.5 Å². The molecule has 0 unspecified atom stereocenters. The average molecular weight is 330 g/mol. The fraction of sp³-hybridized carbons (Fsp3) is 0.444. The highest BCUT2D eigenvalue weighted by atomic mass is 16.8. The average Bonchev–Trinajstić information content (AvgIpc) is 2.61. The second-order valence-electron chi connectivity index (χ2n) is 6.03. The Labute approximate surface area is 141 Å². The molecule has 6 heteroatoms. The maximum atomic E-state index is 12.3. The first-order valence-corrected chi connectivity index (χ1v) is 8.27. The number of hydrogen-bond acceptors (Lipinski definition) is 4. The fourth-order valence-electron chi connectivity index (χ4n) is 3.07. The first-order chi connectivity index (χ1) is 11.6. The van der Waals surface area contributed by atoms with Crippen LogP contribution in [0.2, 0.25) is 0 Å². The zero-order valence-corrected chi connectivity index (χ0v) is 13.7. The molecule has 0 bridgehead atoms. The zero-order chi connectivity index (χ0) is 16.9. The lowest BCUT2D eigenvalue weighted by Crippen LogP contribution is -2.37. The number of hydroxylamine groups is 1. The van der Waals surface area contributed by atoms with E-state index in [0.717, 1.165) is 30.4 Å². The summed E-state index contributed by atoms with van der Waals surface area (Å²) in [6.07, 6.45) is 6.19. The van der Waals surface area contributed by atoms with Gasteiger partial charge >= 0.3 is 0 Å². The highest BCUT2D eigenvalue weighted by Crippen LogP contribution is 2.32. The summed E-state index contributed by atoms with van der Waals surface area (Å²) in [5.41, 5.74) is 4.44. The number of nitrogens with zero attached hydrogens (tertiary/aromatic N) is 1. The highest BCUT2D eigenvalue weighted by molar-refractivity contribution is 5.81. The van der Waals surface area contributed by atoms with Crippen molar-refractivity contribution in [3.05, 3.63) is 41.6 Å². The van der Waals surface area contributed by atoms with Gasteiger partial charge in [-0.25, -0.2) is 10.3 Å². The minimum Gasteiger partial charge on any atom is -0.350 e. The number of fused-ring (bicyclic) bond motifs is 1. The lowest BCUT2D eigenvalue weighted by molar-refractivity contribution is -0.200. The molecule has 2 heterocycles. The predicted octanol–water partition coefficient (Wildman–Crippen LogP) is 2.53. The molecule has 0 saturated carbocycles. The molecule has 2 amide bonds. The van der Waals surface area contributed by atoms with E-state index in [1.165, 1.54) is 6.92 Å². The van der Waals surface area contributed by atoms with Gasteiger partial charge < -0.3 is 9.64 Å². The van der Waals surface area contributed by atoms with Crippen LogP contribution >= 0.6 is 0 Å². The monoisotopic (exact) mass is 330 g/mol. The first kappa shape index (κ1) is 16.7. The number of nitrogens with one attached hydrogen (secondary N) is 1. The summed E-state index contributed by atoms with van der Waals surface area (Å²) in [5, 5.41) is 0. The van der Waals surface area contributed by atoms with E-state index in [0.29, 0.717) is 6.61 Å². The lowest BCUT2D eigenvalue weighted by Gasteiger charge is -2.32. The van der Waals surface area contributed by atoms with E-state index in [2.05, 4.69) is 5.48 Å². The third-order valence-electron chi connectivity index (χ3n) is 4.29. The van der Waals surface area contributed by atoms with E-state index in [1.54, 1.807) is 11.1 Å². The Morgan fingerprint density at radius 2 is 2.17 bits per heavy atom. The lowest BCUT2D eigenvalue weighted by atomic mass is 9.93. The van der Waals surface area contributed by atoms with Gasteiger partial charge in [-0.2, -0.15) is 0 Å². The largest absolute Gasteiger partial charge is 0.350 e. The summed E-state index contributed by atoms with van der Waals surface area (Å²) < 4.78 is 5.42. The molecule has 0 aliphatic carbocycles. The second kappa shape index (κ2) is 7.59. The molecule has 0 spiro atoms. The molecule has 1 aromatic carbocycles. The molecule has 1 aromatic rings. The molecule has 2 aliphatic heterocycles. The topological polar surface area (TPSA) is 67.9 Å². The Morgan fingerprint density at radius 1 is 1.33 bits per heavy atom. The number of hydrogen-bond donors (Lipinski definition) is 1. The Bertz CT molecular complexity index is 638. The summed E-state index contributed by atoms with van der Waals surface area (Å²) >= 11 is 0. The van der Waals surface area contributed by atoms with Crippen LogP contribution in [-0.4, -0.2) is 29.6 Å². The quantitative estimate of drug-likeness (QED) is 0.862. The number of carbonyl (C=O) groups excluding carboxylic acids is 2. The second-order valence-corrected chi connectivity index (χ2v) is 6.03. The molecular formula is C18H22N2O4. The van der Waals surface area contributed by atoms with Crippen molar-refractivity contribution in [3.8, 4) is 0 Å². The van der Waals surface area contributed by atoms with Crippen LogP contribution in [0, 0.1) is 0 Å². The van der Waals surface area contributed by atoms with Crippen molar-refractivity contribution >= 4 is 17.9 Å². The Kier molecular flexibility index (Phi) is 5.27. The van der Waals surface area contributed by atoms with Crippen molar-refractivity contribution in [1.82, 2.24) is 10.4 Å². The van der Waals surface area contributed by atoms with Crippen LogP contribution in [0.15, 0.2) is 30.5 Å². The molecule has 1 N–H and O–H groups in total. The summed E-state index contributed by atoms with van der Waals surface area (Å²) in [4.78, 5) is 31.1. The van der Waals surface area contributed by atoms with Crippen LogP contribution in [0.1, 0.15) is 49.8 Å². The predicted molar refractivity (Wildman–Crippen MR) is 88.2 cm³/mol. The van der Waals surface area contributed by atoms with E-state index >= 15 is 0 Å². The normalized spacial score (nSPS) is 22.8. The number of amides is 2. The Balaban J connectivity index is 1.65. The molecule has 3 rings (SSSR count). The summed E-state index contributed by atoms with van der Waals surface area (Å²) in [6.45, 7) is 2.15. The molecule has 2 atom stereocenters. The summed E-state index contributed by atoms with van der Waals surface area (Å²) in [7, 11) is 0. The highest BCUT2D eigenvalue weighted by Gasteiger charge is 2.28. The Hall–Kier alpha value is -2.18. The van der Waals surface area contributed by atoms with E-state index in [4.69, 9.17) is 9.57 Å². The number of rotatable bonds is 4. The molecule has 0 aromatic heterocycles. The molecule has 1 saturated heterocycles. The van der Waals surface area contributed by atoms with Gasteiger partial charge in [-0.15, -0.1) is 0 Å². The molecule has 1 fully saturated rings. The van der Waals surface area contributed by atoms with E-state index in [1.807, 2.05) is 30.3 Å². The fourth-order valence-corrected chi connectivity index (χ4v) is 3.07. The zero-order valence-electron chi connectivity index (χ0n) is 13.7. The molecule has 24 heavy (non-hydrogen) atoms. The van der Waals surface area contributed by atoms with E-state index in [9.17, 15) is 9.59 Å². The smallest absolute Gasteiger partial charge is 0.246 e. The van der Waals surface area contributed by atoms with Gasteiger partial charge in [0.1, 0.15) is 0 Å². The van der Waals surface area contributed by atoms with Crippen LogP contribution in [-0.2, 0) is 19.2 Å². The van der Waals surface area contributed by atoms with Gasteiger partial charge in [-0.1, -0.05) is 24.3 Å². The van der Waals surface area contributed by atoms with Gasteiger partial charge in [0.15, 0.2) is 6.29 Å². The molecule has 2 aliphatic rings. The van der Waals surface area contributed by atoms with E-state index < -0.39 is 0 Å². The van der Waals surface area contributed by atoms with Crippen molar-refractivity contribution in [1.29, 1.82) is 0 Å². The SMILES string of the molecule is CC(=O)N1C=Cc2ccccc2[C@@H]1CC(=O)NO[C@@H]1CCCCO1. The third kappa shape index (κ3) is 3.83. The number of ether oxygens (including phenoxy) is 1. The minimum atomic E-state index is -0.384. The van der Waals surface area contributed by atoms with Crippen molar-refractivity contribution in [3.63, 3.8) is 0 Å². The molecule has 128 valence electrons. The van der Waals surface area contributed by atoms with Crippen molar-refractivity contribution in [2.75, 3.05) is 6.61 Å².